The molecule has 35 heavy (non-hydrogen) atoms. The summed E-state index contributed by atoms with van der Waals surface area (Å²) in [6, 6.07) is 10.2. The first-order chi connectivity index (χ1) is 16.9. The fourth-order valence-electron chi connectivity index (χ4n) is 4.10. The number of halogens is 1. The van der Waals surface area contributed by atoms with Crippen LogP contribution in [0.25, 0.3) is 10.3 Å². The van der Waals surface area contributed by atoms with Crippen LogP contribution in [0.4, 0.5) is 10.3 Å². The molecule has 1 saturated heterocycles. The molecule has 1 aliphatic rings. The third-order valence-electron chi connectivity index (χ3n) is 5.95. The van der Waals surface area contributed by atoms with Gasteiger partial charge < -0.3 is 10.2 Å². The Morgan fingerprint density at radius 2 is 1.94 bits per heavy atom. The van der Waals surface area contributed by atoms with Crippen LogP contribution in [-0.4, -0.2) is 49.6 Å². The van der Waals surface area contributed by atoms with Crippen molar-refractivity contribution in [3.05, 3.63) is 76.4 Å². The molecule has 5 rings (SSSR count). The number of carbonyl (C=O) groups excluding carboxylic acids is 2. The number of anilines is 1. The van der Waals surface area contributed by atoms with Gasteiger partial charge in [0.2, 0.25) is 5.95 Å². The molecule has 178 valence electrons. The number of hydrogen-bond donors (Lipinski definition) is 1. The van der Waals surface area contributed by atoms with Crippen LogP contribution in [0, 0.1) is 18.7 Å². The Kier molecular flexibility index (Phi) is 6.21. The van der Waals surface area contributed by atoms with Crippen molar-refractivity contribution in [3.8, 4) is 0 Å². The van der Waals surface area contributed by atoms with E-state index in [2.05, 4.69) is 25.3 Å². The molecule has 1 N–H and O–H groups in total. The Hall–Kier alpha value is -3.79. The van der Waals surface area contributed by atoms with Crippen molar-refractivity contribution in [1.82, 2.24) is 24.8 Å². The summed E-state index contributed by atoms with van der Waals surface area (Å²) in [5, 5.41) is 3.91. The van der Waals surface area contributed by atoms with Crippen LogP contribution in [0.15, 0.2) is 48.8 Å². The van der Waals surface area contributed by atoms with Crippen LogP contribution in [-0.2, 0) is 0 Å². The monoisotopic (exact) mass is 490 g/mol. The molecule has 4 heterocycles. The van der Waals surface area contributed by atoms with Crippen molar-refractivity contribution in [2.75, 3.05) is 18.4 Å². The molecule has 3 aromatic heterocycles. The summed E-state index contributed by atoms with van der Waals surface area (Å²) < 4.78 is 14.2. The van der Waals surface area contributed by atoms with E-state index in [0.29, 0.717) is 41.0 Å². The molecule has 4 aromatic rings. The third-order valence-corrected chi connectivity index (χ3v) is 6.92. The SMILES string of the molecule is Cc1nc2nc(N[C@@H](C)c3cncc(F)c3)nc(C(=O)N3CC(CC(=O)c4ccccc4)C3)c2s1. The quantitative estimate of drug-likeness (QED) is 0.382. The highest BCUT2D eigenvalue weighted by atomic mass is 32.1. The van der Waals surface area contributed by atoms with Crippen molar-refractivity contribution in [1.29, 1.82) is 0 Å². The maximum absolute atomic E-state index is 13.6. The van der Waals surface area contributed by atoms with Gasteiger partial charge in [-0.3, -0.25) is 14.6 Å². The zero-order valence-electron chi connectivity index (χ0n) is 19.2. The largest absolute Gasteiger partial charge is 0.348 e. The number of carbonyl (C=O) groups is 2. The van der Waals surface area contributed by atoms with E-state index in [1.54, 1.807) is 11.1 Å². The number of benzene rings is 1. The van der Waals surface area contributed by atoms with E-state index < -0.39 is 5.82 Å². The lowest BCUT2D eigenvalue weighted by atomic mass is 9.91. The molecule has 10 heteroatoms. The molecule has 1 fully saturated rings. The maximum atomic E-state index is 13.6. The smallest absolute Gasteiger partial charge is 0.274 e. The molecule has 0 radical (unpaired) electrons. The van der Waals surface area contributed by atoms with Gasteiger partial charge >= 0.3 is 0 Å². The van der Waals surface area contributed by atoms with Gasteiger partial charge in [0.25, 0.3) is 5.91 Å². The van der Waals surface area contributed by atoms with Gasteiger partial charge in [-0.05, 0) is 25.5 Å². The molecule has 8 nitrogen and oxygen atoms in total. The molecule has 0 saturated carbocycles. The highest BCUT2D eigenvalue weighted by Gasteiger charge is 2.35. The average molecular weight is 491 g/mol. The Morgan fingerprint density at radius 3 is 2.69 bits per heavy atom. The molecule has 0 unspecified atom stereocenters. The van der Waals surface area contributed by atoms with Crippen LogP contribution in [0.5, 0.6) is 0 Å². The van der Waals surface area contributed by atoms with E-state index in [1.165, 1.54) is 17.4 Å². The Balaban J connectivity index is 1.32. The molecule has 1 aromatic carbocycles. The van der Waals surface area contributed by atoms with Gasteiger partial charge in [-0.1, -0.05) is 30.3 Å². The fraction of sp³-hybridized carbons (Fsp3) is 0.280. The first kappa shape index (κ1) is 23.0. The number of nitrogens with zero attached hydrogens (tertiary/aromatic N) is 5. The Labute approximate surface area is 205 Å². The van der Waals surface area contributed by atoms with Crippen molar-refractivity contribution < 1.29 is 14.0 Å². The lowest BCUT2D eigenvalue weighted by Crippen LogP contribution is -2.50. The number of hydrogen-bond acceptors (Lipinski definition) is 8. The minimum absolute atomic E-state index is 0.0810. The van der Waals surface area contributed by atoms with Gasteiger partial charge in [0.1, 0.15) is 10.5 Å². The fourth-order valence-corrected chi connectivity index (χ4v) is 4.94. The van der Waals surface area contributed by atoms with E-state index in [1.807, 2.05) is 44.2 Å². The Bertz CT molecular complexity index is 1400. The predicted octanol–water partition coefficient (Wildman–Crippen LogP) is 4.45. The summed E-state index contributed by atoms with van der Waals surface area (Å²) >= 11 is 1.37. The average Bonchev–Trinajstić information content (AvgIpc) is 3.20. The summed E-state index contributed by atoms with van der Waals surface area (Å²) in [4.78, 5) is 44.8. The van der Waals surface area contributed by atoms with E-state index in [4.69, 9.17) is 0 Å². The number of amides is 1. The summed E-state index contributed by atoms with van der Waals surface area (Å²) in [5.41, 5.74) is 2.03. The number of aryl methyl sites for hydroxylation is 1. The summed E-state index contributed by atoms with van der Waals surface area (Å²) in [5.74, 6) is -0.216. The predicted molar refractivity (Wildman–Crippen MR) is 131 cm³/mol. The zero-order valence-corrected chi connectivity index (χ0v) is 20.1. The normalized spacial score (nSPS) is 14.5. The first-order valence-electron chi connectivity index (χ1n) is 11.3. The molecular formula is C25H23FN6O2S. The second-order valence-corrected chi connectivity index (χ2v) is 9.86. The van der Waals surface area contributed by atoms with Gasteiger partial charge in [0.15, 0.2) is 17.1 Å². The van der Waals surface area contributed by atoms with E-state index in [9.17, 15) is 14.0 Å². The summed E-state index contributed by atoms with van der Waals surface area (Å²) in [7, 11) is 0. The van der Waals surface area contributed by atoms with Gasteiger partial charge in [0, 0.05) is 37.2 Å². The number of ketones is 1. The van der Waals surface area contributed by atoms with E-state index >= 15 is 0 Å². The third kappa shape index (κ3) is 4.88. The molecule has 0 bridgehead atoms. The van der Waals surface area contributed by atoms with Crippen molar-refractivity contribution in [3.63, 3.8) is 0 Å². The zero-order chi connectivity index (χ0) is 24.5. The number of likely N-dealkylation sites (tertiary alicyclic amines) is 1. The Morgan fingerprint density at radius 1 is 1.17 bits per heavy atom. The van der Waals surface area contributed by atoms with Crippen LogP contribution in [0.3, 0.4) is 0 Å². The minimum atomic E-state index is -0.434. The minimum Gasteiger partial charge on any atom is -0.348 e. The highest BCUT2D eigenvalue weighted by molar-refractivity contribution is 7.18. The van der Waals surface area contributed by atoms with Crippen LogP contribution in [0.2, 0.25) is 0 Å². The van der Waals surface area contributed by atoms with Crippen molar-refractivity contribution in [2.24, 2.45) is 5.92 Å². The topological polar surface area (TPSA) is 101 Å². The molecule has 0 aliphatic carbocycles. The van der Waals surface area contributed by atoms with Gasteiger partial charge in [-0.15, -0.1) is 11.3 Å². The van der Waals surface area contributed by atoms with Crippen LogP contribution >= 0.6 is 11.3 Å². The second kappa shape index (κ2) is 9.46. The van der Waals surface area contributed by atoms with Gasteiger partial charge in [0.05, 0.1) is 17.2 Å². The summed E-state index contributed by atoms with van der Waals surface area (Å²) in [6.07, 6.45) is 3.11. The molecule has 1 aliphatic heterocycles. The van der Waals surface area contributed by atoms with Crippen LogP contribution in [0.1, 0.15) is 50.8 Å². The van der Waals surface area contributed by atoms with E-state index in [-0.39, 0.29) is 35.3 Å². The van der Waals surface area contributed by atoms with Crippen molar-refractivity contribution in [2.45, 2.75) is 26.3 Å². The van der Waals surface area contributed by atoms with Gasteiger partial charge in [-0.2, -0.15) is 4.98 Å². The molecular weight excluding hydrogens is 467 g/mol. The maximum Gasteiger partial charge on any atom is 0.274 e. The van der Waals surface area contributed by atoms with Crippen molar-refractivity contribution >= 4 is 39.3 Å². The lowest BCUT2D eigenvalue weighted by molar-refractivity contribution is 0.0466. The lowest BCUT2D eigenvalue weighted by Gasteiger charge is -2.38. The number of rotatable bonds is 7. The summed E-state index contributed by atoms with van der Waals surface area (Å²) in [6.45, 7) is 4.68. The number of nitrogens with one attached hydrogen (secondary N) is 1. The number of thiazole rings is 1. The van der Waals surface area contributed by atoms with E-state index in [0.717, 1.165) is 11.2 Å². The molecule has 1 atom stereocenters. The first-order valence-corrected chi connectivity index (χ1v) is 12.1. The number of pyridine rings is 1. The van der Waals surface area contributed by atoms with Crippen LogP contribution < -0.4 is 5.32 Å². The molecule has 1 amide bonds. The standard InChI is InChI=1S/C25H23FN6O2S/c1-14(18-9-19(26)11-27-10-18)28-25-30-21(22-23(31-25)29-15(2)35-22)24(34)32-12-16(13-32)8-20(33)17-6-4-3-5-7-17/h3-7,9-11,14,16H,8,12-13H2,1-2H3,(H,28,30,31)/t14-/m0/s1. The van der Waals surface area contributed by atoms with Gasteiger partial charge in [-0.25, -0.2) is 14.4 Å². The molecule has 0 spiro atoms. The second-order valence-electron chi connectivity index (χ2n) is 8.65. The number of fused-ring (bicyclic) bond motifs is 1. The number of aromatic nitrogens is 4. The number of Topliss-reactive ketones (excluding diaryl/α,β-unsaturated/α-hetero) is 1. The highest BCUT2D eigenvalue weighted by Crippen LogP contribution is 2.29.